The molecule has 0 saturated carbocycles. The van der Waals surface area contributed by atoms with E-state index >= 15 is 0 Å². The molecular weight excluding hydrogens is 401 g/mol. The van der Waals surface area contributed by atoms with Crippen molar-refractivity contribution in [2.45, 2.75) is 12.8 Å². The molecule has 1 aromatic heterocycles. The molecule has 1 heterocycles. The lowest BCUT2D eigenvalue weighted by molar-refractivity contribution is -0.137. The Kier molecular flexibility index (Phi) is 8.11. The Bertz CT molecular complexity index is 913. The van der Waals surface area contributed by atoms with Crippen LogP contribution in [0.4, 0.5) is 0 Å². The molecular formula is C20H23Cl2N3O3. The summed E-state index contributed by atoms with van der Waals surface area (Å²) in [7, 11) is 1.96. The van der Waals surface area contributed by atoms with E-state index in [1.54, 1.807) is 4.68 Å². The number of benzene rings is 2. The van der Waals surface area contributed by atoms with Crippen LogP contribution in [0.5, 0.6) is 5.75 Å². The SMILES string of the molecule is CN(CCCC(=O)O)CCOc1ccc(-n2nc3ccccc3c2Cl)cc1.Cl. The summed E-state index contributed by atoms with van der Waals surface area (Å²) >= 11 is 6.44. The van der Waals surface area contributed by atoms with Crippen LogP contribution in [0.1, 0.15) is 12.8 Å². The van der Waals surface area contributed by atoms with Gasteiger partial charge in [-0.3, -0.25) is 4.79 Å². The third-order valence-corrected chi connectivity index (χ3v) is 4.64. The highest BCUT2D eigenvalue weighted by Gasteiger charge is 2.10. The number of ether oxygens (including phenoxy) is 1. The maximum Gasteiger partial charge on any atom is 0.303 e. The van der Waals surface area contributed by atoms with E-state index in [0.717, 1.165) is 35.4 Å². The number of hydrogen-bond donors (Lipinski definition) is 1. The molecule has 0 bridgehead atoms. The number of nitrogens with zero attached hydrogens (tertiary/aromatic N) is 3. The Labute approximate surface area is 175 Å². The van der Waals surface area contributed by atoms with Crippen LogP contribution in [-0.4, -0.2) is 52.5 Å². The highest BCUT2D eigenvalue weighted by molar-refractivity contribution is 6.34. The van der Waals surface area contributed by atoms with Crippen molar-refractivity contribution in [3.8, 4) is 11.4 Å². The fourth-order valence-corrected chi connectivity index (χ4v) is 3.08. The molecule has 3 aromatic rings. The number of halogens is 2. The van der Waals surface area contributed by atoms with Crippen molar-refractivity contribution in [1.82, 2.24) is 14.7 Å². The second kappa shape index (κ2) is 10.3. The van der Waals surface area contributed by atoms with Crippen molar-refractivity contribution in [3.05, 3.63) is 53.7 Å². The first-order valence-electron chi connectivity index (χ1n) is 8.81. The van der Waals surface area contributed by atoms with E-state index in [-0.39, 0.29) is 18.8 Å². The molecule has 3 rings (SSSR count). The molecule has 0 radical (unpaired) electrons. The smallest absolute Gasteiger partial charge is 0.303 e. The molecule has 1 N–H and O–H groups in total. The van der Waals surface area contributed by atoms with Gasteiger partial charge in [-0.25, -0.2) is 4.68 Å². The molecule has 0 saturated heterocycles. The lowest BCUT2D eigenvalue weighted by Crippen LogP contribution is -2.25. The minimum Gasteiger partial charge on any atom is -0.492 e. The standard InChI is InChI=1S/C20H22ClN3O3.ClH/c1-23(12-4-7-19(25)26)13-14-27-16-10-8-15(9-11-16)24-20(21)17-5-2-3-6-18(17)22-24;/h2-3,5-6,8-11H,4,7,12-14H2,1H3,(H,25,26);1H. The molecule has 0 spiro atoms. The predicted octanol–water partition coefficient (Wildman–Crippen LogP) is 4.28. The van der Waals surface area contributed by atoms with E-state index in [9.17, 15) is 4.79 Å². The monoisotopic (exact) mass is 423 g/mol. The highest BCUT2D eigenvalue weighted by atomic mass is 35.5. The minimum absolute atomic E-state index is 0. The first-order chi connectivity index (χ1) is 13.0. The fourth-order valence-electron chi connectivity index (χ4n) is 2.79. The second-order valence-corrected chi connectivity index (χ2v) is 6.72. The number of hydrogen-bond acceptors (Lipinski definition) is 4. The first kappa shape index (κ1) is 22.0. The highest BCUT2D eigenvalue weighted by Crippen LogP contribution is 2.26. The molecule has 2 aromatic carbocycles. The van der Waals surface area contributed by atoms with Gasteiger partial charge < -0.3 is 14.7 Å². The third-order valence-electron chi connectivity index (χ3n) is 4.27. The van der Waals surface area contributed by atoms with Gasteiger partial charge in [-0.15, -0.1) is 12.4 Å². The largest absolute Gasteiger partial charge is 0.492 e. The zero-order valence-corrected chi connectivity index (χ0v) is 17.1. The third kappa shape index (κ3) is 5.61. The van der Waals surface area contributed by atoms with Gasteiger partial charge in [0.25, 0.3) is 0 Å². The van der Waals surface area contributed by atoms with Gasteiger partial charge in [-0.2, -0.15) is 5.10 Å². The van der Waals surface area contributed by atoms with E-state index < -0.39 is 5.97 Å². The maximum absolute atomic E-state index is 10.5. The Hall–Kier alpha value is -2.28. The average Bonchev–Trinajstić information content (AvgIpc) is 2.99. The quantitative estimate of drug-likeness (QED) is 0.556. The number of aromatic nitrogens is 2. The molecule has 0 amide bonds. The second-order valence-electron chi connectivity index (χ2n) is 6.36. The van der Waals surface area contributed by atoms with Gasteiger partial charge in [0, 0.05) is 18.4 Å². The van der Waals surface area contributed by atoms with Crippen LogP contribution < -0.4 is 4.74 Å². The summed E-state index contributed by atoms with van der Waals surface area (Å²) in [5.74, 6) is 0.00967. The topological polar surface area (TPSA) is 67.6 Å². The molecule has 0 aliphatic rings. The molecule has 0 aliphatic carbocycles. The summed E-state index contributed by atoms with van der Waals surface area (Å²) in [6.45, 7) is 2.01. The minimum atomic E-state index is -0.759. The van der Waals surface area contributed by atoms with Gasteiger partial charge in [0.2, 0.25) is 0 Å². The average molecular weight is 424 g/mol. The number of carboxylic acids is 1. The Morgan fingerprint density at radius 2 is 1.89 bits per heavy atom. The van der Waals surface area contributed by atoms with Crippen LogP contribution in [0.15, 0.2) is 48.5 Å². The van der Waals surface area contributed by atoms with E-state index in [0.29, 0.717) is 18.2 Å². The summed E-state index contributed by atoms with van der Waals surface area (Å²) < 4.78 is 7.48. The lowest BCUT2D eigenvalue weighted by Gasteiger charge is -2.16. The lowest BCUT2D eigenvalue weighted by atomic mass is 10.2. The molecule has 8 heteroatoms. The number of carboxylic acid groups (broad SMARTS) is 1. The molecule has 0 fully saturated rings. The van der Waals surface area contributed by atoms with Crippen molar-refractivity contribution in [3.63, 3.8) is 0 Å². The molecule has 0 aliphatic heterocycles. The Balaban J connectivity index is 0.00000280. The van der Waals surface area contributed by atoms with Crippen molar-refractivity contribution in [2.24, 2.45) is 0 Å². The van der Waals surface area contributed by atoms with Gasteiger partial charge in [0.05, 0.1) is 11.2 Å². The Morgan fingerprint density at radius 3 is 2.57 bits per heavy atom. The summed E-state index contributed by atoms with van der Waals surface area (Å²) in [4.78, 5) is 12.6. The van der Waals surface area contributed by atoms with Crippen LogP contribution in [-0.2, 0) is 4.79 Å². The summed E-state index contributed by atoms with van der Waals surface area (Å²) in [5, 5.41) is 14.7. The van der Waals surface area contributed by atoms with Crippen LogP contribution >= 0.6 is 24.0 Å². The summed E-state index contributed by atoms with van der Waals surface area (Å²) in [6.07, 6.45) is 0.831. The number of rotatable bonds is 9. The summed E-state index contributed by atoms with van der Waals surface area (Å²) in [5.41, 5.74) is 1.73. The number of aliphatic carboxylic acids is 1. The normalized spacial score (nSPS) is 10.8. The van der Waals surface area contributed by atoms with E-state index in [4.69, 9.17) is 21.4 Å². The summed E-state index contributed by atoms with van der Waals surface area (Å²) in [6, 6.07) is 15.4. The Morgan fingerprint density at radius 1 is 1.18 bits per heavy atom. The molecule has 0 unspecified atom stereocenters. The molecule has 6 nitrogen and oxygen atoms in total. The maximum atomic E-state index is 10.5. The zero-order valence-electron chi connectivity index (χ0n) is 15.5. The van der Waals surface area contributed by atoms with Gasteiger partial charge in [0.15, 0.2) is 0 Å². The van der Waals surface area contributed by atoms with Crippen LogP contribution in [0, 0.1) is 0 Å². The van der Waals surface area contributed by atoms with Crippen LogP contribution in [0.25, 0.3) is 16.6 Å². The molecule has 0 atom stereocenters. The van der Waals surface area contributed by atoms with E-state index in [1.165, 1.54) is 0 Å². The van der Waals surface area contributed by atoms with Crippen LogP contribution in [0.2, 0.25) is 5.15 Å². The van der Waals surface area contributed by atoms with Gasteiger partial charge in [-0.1, -0.05) is 23.7 Å². The molecule has 150 valence electrons. The van der Waals surface area contributed by atoms with Crippen molar-refractivity contribution >= 4 is 40.9 Å². The number of fused-ring (bicyclic) bond motifs is 1. The van der Waals surface area contributed by atoms with Crippen molar-refractivity contribution < 1.29 is 14.6 Å². The van der Waals surface area contributed by atoms with Gasteiger partial charge in [-0.05, 0) is 56.4 Å². The number of likely N-dealkylation sites (N-methyl/N-ethyl adjacent to an activating group) is 1. The van der Waals surface area contributed by atoms with Crippen molar-refractivity contribution in [2.75, 3.05) is 26.7 Å². The zero-order chi connectivity index (χ0) is 19.2. The van der Waals surface area contributed by atoms with Gasteiger partial charge in [0.1, 0.15) is 17.5 Å². The molecule has 28 heavy (non-hydrogen) atoms. The van der Waals surface area contributed by atoms with Crippen molar-refractivity contribution in [1.29, 1.82) is 0 Å². The van der Waals surface area contributed by atoms with E-state index in [1.807, 2.05) is 55.6 Å². The fraction of sp³-hybridized carbons (Fsp3) is 0.300. The number of carbonyl (C=O) groups is 1. The predicted molar refractivity (Wildman–Crippen MR) is 113 cm³/mol. The first-order valence-corrected chi connectivity index (χ1v) is 9.19. The van der Waals surface area contributed by atoms with E-state index in [2.05, 4.69) is 10.00 Å². The van der Waals surface area contributed by atoms with Crippen LogP contribution in [0.3, 0.4) is 0 Å². The van der Waals surface area contributed by atoms with Gasteiger partial charge >= 0.3 is 5.97 Å².